The van der Waals surface area contributed by atoms with E-state index in [1.54, 1.807) is 12.4 Å². The minimum Gasteiger partial charge on any atom is -0.396 e. The summed E-state index contributed by atoms with van der Waals surface area (Å²) in [7, 11) is 0. The van der Waals surface area contributed by atoms with Crippen molar-refractivity contribution in [2.24, 2.45) is 11.3 Å². The van der Waals surface area contributed by atoms with E-state index in [-0.39, 0.29) is 18.6 Å². The number of aromatic nitrogens is 5. The SMILES string of the molecule is CC(C)(C)C(=O)On1ccc2c(-c3cnn(C(CCO)C4CCCC4)c3)ncnc21. The fraction of sp³-hybridized carbons (Fsp3) is 0.545. The first kappa shape index (κ1) is 20.5. The third-order valence-electron chi connectivity index (χ3n) is 5.83. The highest BCUT2D eigenvalue weighted by molar-refractivity contribution is 5.90. The molecule has 0 aliphatic heterocycles. The van der Waals surface area contributed by atoms with Crippen LogP contribution in [0.25, 0.3) is 22.3 Å². The monoisotopic (exact) mass is 411 g/mol. The summed E-state index contributed by atoms with van der Waals surface area (Å²) in [6.07, 6.45) is 12.5. The molecule has 1 N–H and O–H groups in total. The molecule has 1 saturated carbocycles. The van der Waals surface area contributed by atoms with Gasteiger partial charge in [0.2, 0.25) is 0 Å². The lowest BCUT2D eigenvalue weighted by molar-refractivity contribution is -0.152. The second-order valence-electron chi connectivity index (χ2n) is 9.06. The van der Waals surface area contributed by atoms with Gasteiger partial charge in [-0.2, -0.15) is 9.83 Å². The molecule has 0 aromatic carbocycles. The first-order valence-electron chi connectivity index (χ1n) is 10.6. The Morgan fingerprint density at radius 3 is 2.77 bits per heavy atom. The Balaban J connectivity index is 1.65. The second-order valence-corrected chi connectivity index (χ2v) is 9.06. The molecule has 4 rings (SSSR count). The molecule has 0 radical (unpaired) electrons. The molecule has 1 fully saturated rings. The molecule has 1 unspecified atom stereocenters. The van der Waals surface area contributed by atoms with Crippen molar-refractivity contribution >= 4 is 17.0 Å². The van der Waals surface area contributed by atoms with Gasteiger partial charge in [-0.15, -0.1) is 0 Å². The normalized spacial score (nSPS) is 16.3. The number of carbonyl (C=O) groups excluding carboxylic acids is 1. The van der Waals surface area contributed by atoms with Crippen LogP contribution in [-0.2, 0) is 4.79 Å². The molecule has 0 saturated heterocycles. The number of carbonyl (C=O) groups is 1. The van der Waals surface area contributed by atoms with Crippen LogP contribution in [0.5, 0.6) is 0 Å². The van der Waals surface area contributed by atoms with Gasteiger partial charge < -0.3 is 9.94 Å². The molecule has 0 amide bonds. The van der Waals surface area contributed by atoms with Gasteiger partial charge in [0.05, 0.1) is 23.3 Å². The van der Waals surface area contributed by atoms with Crippen molar-refractivity contribution in [2.75, 3.05) is 6.61 Å². The van der Waals surface area contributed by atoms with Crippen molar-refractivity contribution in [3.05, 3.63) is 31.0 Å². The summed E-state index contributed by atoms with van der Waals surface area (Å²) in [6, 6.07) is 2.04. The average molecular weight is 412 g/mol. The van der Waals surface area contributed by atoms with E-state index in [4.69, 9.17) is 4.84 Å². The molecule has 160 valence electrons. The number of nitrogens with zero attached hydrogens (tertiary/aromatic N) is 5. The molecule has 8 heteroatoms. The molecular weight excluding hydrogens is 382 g/mol. The highest BCUT2D eigenvalue weighted by Gasteiger charge is 2.28. The van der Waals surface area contributed by atoms with Crippen molar-refractivity contribution in [2.45, 2.75) is 58.9 Å². The number of fused-ring (bicyclic) bond motifs is 1. The van der Waals surface area contributed by atoms with Crippen molar-refractivity contribution in [1.29, 1.82) is 0 Å². The van der Waals surface area contributed by atoms with Gasteiger partial charge >= 0.3 is 5.97 Å². The summed E-state index contributed by atoms with van der Waals surface area (Å²) in [6.45, 7) is 5.57. The van der Waals surface area contributed by atoms with Gasteiger partial charge in [0.1, 0.15) is 6.33 Å². The molecule has 3 heterocycles. The van der Waals surface area contributed by atoms with E-state index in [0.717, 1.165) is 16.6 Å². The zero-order valence-electron chi connectivity index (χ0n) is 17.8. The molecular formula is C22H29N5O3. The first-order chi connectivity index (χ1) is 14.4. The van der Waals surface area contributed by atoms with Crippen LogP contribution < -0.4 is 4.84 Å². The number of aliphatic hydroxyl groups is 1. The van der Waals surface area contributed by atoms with Gasteiger partial charge in [0.15, 0.2) is 5.65 Å². The Bertz CT molecular complexity index is 1030. The zero-order valence-corrected chi connectivity index (χ0v) is 17.8. The van der Waals surface area contributed by atoms with Crippen LogP contribution in [0.1, 0.15) is 58.9 Å². The third-order valence-corrected chi connectivity index (χ3v) is 5.83. The predicted octanol–water partition coefficient (Wildman–Crippen LogP) is 3.41. The third kappa shape index (κ3) is 3.96. The Morgan fingerprint density at radius 1 is 1.30 bits per heavy atom. The van der Waals surface area contributed by atoms with E-state index in [2.05, 4.69) is 15.1 Å². The average Bonchev–Trinajstić information content (AvgIpc) is 3.46. The number of hydrogen-bond donors (Lipinski definition) is 1. The van der Waals surface area contributed by atoms with Crippen LogP contribution in [0.15, 0.2) is 31.0 Å². The largest absolute Gasteiger partial charge is 0.396 e. The first-order valence-corrected chi connectivity index (χ1v) is 10.6. The van der Waals surface area contributed by atoms with Gasteiger partial charge in [-0.25, -0.2) is 14.8 Å². The fourth-order valence-electron chi connectivity index (χ4n) is 4.16. The van der Waals surface area contributed by atoms with Crippen LogP contribution in [0.2, 0.25) is 0 Å². The molecule has 1 atom stereocenters. The molecule has 0 spiro atoms. The summed E-state index contributed by atoms with van der Waals surface area (Å²) in [4.78, 5) is 26.6. The van der Waals surface area contributed by atoms with Crippen LogP contribution in [0.4, 0.5) is 0 Å². The van der Waals surface area contributed by atoms with E-state index >= 15 is 0 Å². The quantitative estimate of drug-likeness (QED) is 0.668. The Kier molecular flexibility index (Phi) is 5.60. The van der Waals surface area contributed by atoms with Crippen molar-refractivity contribution in [1.82, 2.24) is 24.5 Å². The number of aliphatic hydroxyl groups excluding tert-OH is 1. The maximum atomic E-state index is 12.3. The van der Waals surface area contributed by atoms with E-state index in [0.29, 0.717) is 18.0 Å². The van der Waals surface area contributed by atoms with Crippen LogP contribution in [-0.4, -0.2) is 42.2 Å². The van der Waals surface area contributed by atoms with Gasteiger partial charge in [0, 0.05) is 30.0 Å². The summed E-state index contributed by atoms with van der Waals surface area (Å²) in [5, 5.41) is 14.9. The minimum absolute atomic E-state index is 0.149. The zero-order chi connectivity index (χ0) is 21.3. The van der Waals surface area contributed by atoms with Crippen LogP contribution in [0, 0.1) is 11.3 Å². The molecule has 3 aromatic rings. The molecule has 1 aliphatic carbocycles. The predicted molar refractivity (Wildman–Crippen MR) is 112 cm³/mol. The highest BCUT2D eigenvalue weighted by Crippen LogP contribution is 2.36. The molecule has 0 bridgehead atoms. The lowest BCUT2D eigenvalue weighted by Crippen LogP contribution is -2.31. The van der Waals surface area contributed by atoms with Crippen LogP contribution >= 0.6 is 0 Å². The Morgan fingerprint density at radius 2 is 2.07 bits per heavy atom. The summed E-state index contributed by atoms with van der Waals surface area (Å²) < 4.78 is 3.37. The van der Waals surface area contributed by atoms with E-state index in [1.807, 2.05) is 37.7 Å². The maximum Gasteiger partial charge on any atom is 0.338 e. The van der Waals surface area contributed by atoms with E-state index in [1.165, 1.54) is 36.7 Å². The maximum absolute atomic E-state index is 12.3. The minimum atomic E-state index is -0.616. The van der Waals surface area contributed by atoms with Gasteiger partial charge in [0.25, 0.3) is 0 Å². The summed E-state index contributed by atoms with van der Waals surface area (Å²) >= 11 is 0. The molecule has 30 heavy (non-hydrogen) atoms. The molecule has 1 aliphatic rings. The molecule has 3 aromatic heterocycles. The standard InChI is InChI=1S/C22H29N5O3/c1-22(2,3)21(29)30-27-10-8-17-19(23-14-24-20(17)27)16-12-25-26(13-16)18(9-11-28)15-6-4-5-7-15/h8,10,12-15,18,28H,4-7,9,11H2,1-3H3. The summed E-state index contributed by atoms with van der Waals surface area (Å²) in [5.74, 6) is 0.213. The fourth-order valence-corrected chi connectivity index (χ4v) is 4.16. The topological polar surface area (TPSA) is 95.1 Å². The lowest BCUT2D eigenvalue weighted by atomic mass is 9.96. The van der Waals surface area contributed by atoms with Crippen molar-refractivity contribution < 1.29 is 14.7 Å². The second kappa shape index (κ2) is 8.18. The van der Waals surface area contributed by atoms with Gasteiger partial charge in [-0.3, -0.25) is 4.68 Å². The van der Waals surface area contributed by atoms with E-state index in [9.17, 15) is 9.90 Å². The van der Waals surface area contributed by atoms with Crippen LogP contribution in [0.3, 0.4) is 0 Å². The lowest BCUT2D eigenvalue weighted by Gasteiger charge is -2.23. The van der Waals surface area contributed by atoms with Crippen molar-refractivity contribution in [3.63, 3.8) is 0 Å². The van der Waals surface area contributed by atoms with Gasteiger partial charge in [-0.1, -0.05) is 12.8 Å². The smallest absolute Gasteiger partial charge is 0.338 e. The van der Waals surface area contributed by atoms with Crippen molar-refractivity contribution in [3.8, 4) is 11.3 Å². The Hall–Kier alpha value is -2.74. The number of hydrogen-bond acceptors (Lipinski definition) is 6. The summed E-state index contributed by atoms with van der Waals surface area (Å²) in [5.41, 5.74) is 1.54. The highest BCUT2D eigenvalue weighted by atomic mass is 16.7. The van der Waals surface area contributed by atoms with E-state index < -0.39 is 5.41 Å². The molecule has 8 nitrogen and oxygen atoms in total. The Labute approximate surface area is 175 Å². The number of rotatable bonds is 6. The van der Waals surface area contributed by atoms with Gasteiger partial charge in [-0.05, 0) is 52.0 Å².